The van der Waals surface area contributed by atoms with E-state index in [0.717, 1.165) is 36.8 Å². The summed E-state index contributed by atoms with van der Waals surface area (Å²) in [7, 11) is 1.61. The van der Waals surface area contributed by atoms with Crippen molar-refractivity contribution in [1.82, 2.24) is 14.9 Å². The molecule has 1 saturated heterocycles. The van der Waals surface area contributed by atoms with Gasteiger partial charge in [-0.2, -0.15) is 0 Å². The molecule has 0 unspecified atom stereocenters. The van der Waals surface area contributed by atoms with Gasteiger partial charge in [0.25, 0.3) is 5.91 Å². The Hall–Kier alpha value is -3.41. The molecule has 0 spiro atoms. The number of benzene rings is 2. The molecule has 1 amide bonds. The molecule has 6 heteroatoms. The number of aryl methyl sites for hydroxylation is 4. The van der Waals surface area contributed by atoms with Gasteiger partial charge in [0.2, 0.25) is 0 Å². The highest BCUT2D eigenvalue weighted by Gasteiger charge is 2.25. The topological polar surface area (TPSA) is 58.6 Å². The van der Waals surface area contributed by atoms with Crippen molar-refractivity contribution in [2.75, 3.05) is 38.2 Å². The van der Waals surface area contributed by atoms with E-state index in [9.17, 15) is 4.79 Å². The highest BCUT2D eigenvalue weighted by molar-refractivity contribution is 5.94. The first kappa shape index (κ1) is 22.8. The van der Waals surface area contributed by atoms with Crippen LogP contribution in [-0.2, 0) is 6.42 Å². The van der Waals surface area contributed by atoms with Crippen molar-refractivity contribution >= 4 is 11.7 Å². The largest absolute Gasteiger partial charge is 0.497 e. The predicted octanol–water partition coefficient (Wildman–Crippen LogP) is 4.27. The van der Waals surface area contributed by atoms with Crippen LogP contribution < -0.4 is 9.64 Å². The maximum atomic E-state index is 13.0. The van der Waals surface area contributed by atoms with Gasteiger partial charge in [-0.05, 0) is 57.0 Å². The van der Waals surface area contributed by atoms with Crippen LogP contribution in [0.25, 0.3) is 0 Å². The molecule has 0 radical (unpaired) electrons. The van der Waals surface area contributed by atoms with Crippen LogP contribution in [0.5, 0.6) is 5.75 Å². The molecule has 0 bridgehead atoms. The average Bonchev–Trinajstić information content (AvgIpc) is 2.82. The Morgan fingerprint density at radius 1 is 0.970 bits per heavy atom. The van der Waals surface area contributed by atoms with Gasteiger partial charge in [0.1, 0.15) is 17.4 Å². The van der Waals surface area contributed by atoms with E-state index in [0.29, 0.717) is 24.4 Å². The van der Waals surface area contributed by atoms with Crippen molar-refractivity contribution in [3.8, 4) is 5.75 Å². The molecule has 172 valence electrons. The normalized spacial score (nSPS) is 13.8. The maximum Gasteiger partial charge on any atom is 0.254 e. The van der Waals surface area contributed by atoms with Gasteiger partial charge in [0.15, 0.2) is 0 Å². The zero-order chi connectivity index (χ0) is 23.5. The summed E-state index contributed by atoms with van der Waals surface area (Å²) in [4.78, 5) is 26.8. The molecule has 0 N–H and O–H groups in total. The first-order chi connectivity index (χ1) is 15.9. The number of carbonyl (C=O) groups is 1. The van der Waals surface area contributed by atoms with E-state index < -0.39 is 0 Å². The molecule has 1 aliphatic rings. The fourth-order valence-corrected chi connectivity index (χ4v) is 4.43. The third-order valence-corrected chi connectivity index (χ3v) is 6.36. The summed E-state index contributed by atoms with van der Waals surface area (Å²) in [6.45, 7) is 11.1. The van der Waals surface area contributed by atoms with Crippen molar-refractivity contribution in [3.05, 3.63) is 81.8 Å². The van der Waals surface area contributed by atoms with E-state index in [-0.39, 0.29) is 5.91 Å². The number of anilines is 1. The van der Waals surface area contributed by atoms with Gasteiger partial charge in [-0.15, -0.1) is 0 Å². The summed E-state index contributed by atoms with van der Waals surface area (Å²) in [6, 6.07) is 13.9. The van der Waals surface area contributed by atoms with Crippen molar-refractivity contribution in [1.29, 1.82) is 0 Å². The second-order valence-corrected chi connectivity index (χ2v) is 8.78. The molecule has 1 aliphatic heterocycles. The maximum absolute atomic E-state index is 13.0. The minimum Gasteiger partial charge on any atom is -0.497 e. The Bertz CT molecular complexity index is 1170. The summed E-state index contributed by atoms with van der Waals surface area (Å²) >= 11 is 0. The molecule has 1 fully saturated rings. The molecular weight excluding hydrogens is 412 g/mol. The first-order valence-electron chi connectivity index (χ1n) is 11.4. The van der Waals surface area contributed by atoms with Gasteiger partial charge in [-0.1, -0.05) is 29.8 Å². The summed E-state index contributed by atoms with van der Waals surface area (Å²) in [6.07, 6.45) is 0.803. The van der Waals surface area contributed by atoms with Crippen LogP contribution in [0.3, 0.4) is 0 Å². The lowest BCUT2D eigenvalue weighted by molar-refractivity contribution is 0.0746. The lowest BCUT2D eigenvalue weighted by atomic mass is 9.97. The Balaban J connectivity index is 1.54. The fourth-order valence-electron chi connectivity index (χ4n) is 4.43. The molecule has 3 aromatic rings. The molecule has 0 saturated carbocycles. The van der Waals surface area contributed by atoms with Gasteiger partial charge in [-0.25, -0.2) is 9.97 Å². The molecule has 4 rings (SSSR count). The monoisotopic (exact) mass is 444 g/mol. The molecule has 2 heterocycles. The van der Waals surface area contributed by atoms with Crippen LogP contribution in [0.4, 0.5) is 5.82 Å². The van der Waals surface area contributed by atoms with Crippen LogP contribution in [-0.4, -0.2) is 54.1 Å². The number of aromatic nitrogens is 2. The van der Waals surface area contributed by atoms with E-state index in [1.54, 1.807) is 13.2 Å². The number of rotatable bonds is 5. The van der Waals surface area contributed by atoms with Crippen LogP contribution >= 0.6 is 0 Å². The summed E-state index contributed by atoms with van der Waals surface area (Å²) in [5, 5.41) is 0. The number of carbonyl (C=O) groups excluding carboxylic acids is 1. The molecule has 2 aromatic carbocycles. The van der Waals surface area contributed by atoms with Gasteiger partial charge < -0.3 is 14.5 Å². The van der Waals surface area contributed by atoms with Crippen molar-refractivity contribution < 1.29 is 9.53 Å². The van der Waals surface area contributed by atoms with Gasteiger partial charge in [0.05, 0.1) is 7.11 Å². The third kappa shape index (κ3) is 5.00. The van der Waals surface area contributed by atoms with Crippen LogP contribution in [0, 0.1) is 27.7 Å². The number of nitrogens with zero attached hydrogens (tertiary/aromatic N) is 4. The van der Waals surface area contributed by atoms with Crippen LogP contribution in [0.2, 0.25) is 0 Å². The van der Waals surface area contributed by atoms with Gasteiger partial charge in [-0.3, -0.25) is 4.79 Å². The standard InChI is InChI=1S/C27H32N4O2/c1-18-9-10-19(2)23(15-18)17-25-20(3)28-21(4)29-26(25)30-11-13-31(14-12-30)27(32)22-7-6-8-24(16-22)33-5/h6-10,15-16H,11-14,17H2,1-5H3. The van der Waals surface area contributed by atoms with Crippen LogP contribution in [0.15, 0.2) is 42.5 Å². The summed E-state index contributed by atoms with van der Waals surface area (Å²) < 4.78 is 5.27. The molecule has 33 heavy (non-hydrogen) atoms. The van der Waals surface area contributed by atoms with Crippen molar-refractivity contribution in [2.45, 2.75) is 34.1 Å². The zero-order valence-corrected chi connectivity index (χ0v) is 20.2. The minimum absolute atomic E-state index is 0.0409. The number of amides is 1. The lowest BCUT2D eigenvalue weighted by Crippen LogP contribution is -2.49. The highest BCUT2D eigenvalue weighted by Crippen LogP contribution is 2.27. The van der Waals surface area contributed by atoms with E-state index in [4.69, 9.17) is 9.72 Å². The lowest BCUT2D eigenvalue weighted by Gasteiger charge is -2.36. The number of hydrogen-bond donors (Lipinski definition) is 0. The van der Waals surface area contributed by atoms with E-state index in [1.165, 1.54) is 22.3 Å². The quantitative estimate of drug-likeness (QED) is 0.588. The first-order valence-corrected chi connectivity index (χ1v) is 11.4. The Kier molecular flexibility index (Phi) is 6.63. The summed E-state index contributed by atoms with van der Waals surface area (Å²) in [5.41, 5.74) is 6.69. The molecule has 0 aliphatic carbocycles. The molecule has 0 atom stereocenters. The van der Waals surface area contributed by atoms with Crippen molar-refractivity contribution in [2.24, 2.45) is 0 Å². The fraction of sp³-hybridized carbons (Fsp3) is 0.370. The molecule has 1 aromatic heterocycles. The Morgan fingerprint density at radius 2 is 1.73 bits per heavy atom. The zero-order valence-electron chi connectivity index (χ0n) is 20.2. The number of ether oxygens (including phenoxy) is 1. The van der Waals surface area contributed by atoms with Crippen LogP contribution in [0.1, 0.15) is 44.1 Å². The number of hydrogen-bond acceptors (Lipinski definition) is 5. The summed E-state index contributed by atoms with van der Waals surface area (Å²) in [5.74, 6) is 2.51. The number of piperazine rings is 1. The average molecular weight is 445 g/mol. The Labute approximate surface area is 196 Å². The minimum atomic E-state index is 0.0409. The second kappa shape index (κ2) is 9.61. The SMILES string of the molecule is COc1cccc(C(=O)N2CCN(c3nc(C)nc(C)c3Cc3cc(C)ccc3C)CC2)c1. The second-order valence-electron chi connectivity index (χ2n) is 8.78. The smallest absolute Gasteiger partial charge is 0.254 e. The molecule has 6 nitrogen and oxygen atoms in total. The van der Waals surface area contributed by atoms with Gasteiger partial charge >= 0.3 is 0 Å². The van der Waals surface area contributed by atoms with E-state index >= 15 is 0 Å². The van der Waals surface area contributed by atoms with Gasteiger partial charge in [0, 0.05) is 49.4 Å². The van der Waals surface area contributed by atoms with E-state index in [2.05, 4.69) is 48.9 Å². The Morgan fingerprint density at radius 3 is 2.45 bits per heavy atom. The highest BCUT2D eigenvalue weighted by atomic mass is 16.5. The van der Waals surface area contributed by atoms with Crippen molar-refractivity contribution in [3.63, 3.8) is 0 Å². The number of methoxy groups -OCH3 is 1. The third-order valence-electron chi connectivity index (χ3n) is 6.36. The van der Waals surface area contributed by atoms with E-state index in [1.807, 2.05) is 30.0 Å². The predicted molar refractivity (Wildman–Crippen MR) is 131 cm³/mol. The molecular formula is C27H32N4O2.